The first-order valence-electron chi connectivity index (χ1n) is 5.11. The molecule has 0 aliphatic carbocycles. The highest BCUT2D eigenvalue weighted by Crippen LogP contribution is 2.30. The summed E-state index contributed by atoms with van der Waals surface area (Å²) in [4.78, 5) is 18.5. The number of imidazole rings is 1. The maximum atomic E-state index is 11.7. The Morgan fingerprint density at radius 3 is 3.00 bits per heavy atom. The van der Waals surface area contributed by atoms with Gasteiger partial charge in [-0.15, -0.1) is 0 Å². The van der Waals surface area contributed by atoms with E-state index in [2.05, 4.69) is 15.3 Å². The van der Waals surface area contributed by atoms with Gasteiger partial charge in [0.1, 0.15) is 0 Å². The molecule has 0 atom stereocenters. The Kier molecular flexibility index (Phi) is 2.15. The van der Waals surface area contributed by atoms with Crippen LogP contribution in [-0.4, -0.2) is 15.9 Å². The van der Waals surface area contributed by atoms with E-state index in [4.69, 9.17) is 4.74 Å². The molecule has 1 amide bonds. The number of carbonyl (C=O) groups excluding carboxylic acids is 1. The minimum Gasteiger partial charge on any atom is -0.449 e. The molecule has 5 heteroatoms. The van der Waals surface area contributed by atoms with E-state index >= 15 is 0 Å². The van der Waals surface area contributed by atoms with Gasteiger partial charge in [0, 0.05) is 6.08 Å². The normalized spacial score (nSPS) is 16.2. The molecule has 0 saturated carbocycles. The van der Waals surface area contributed by atoms with Gasteiger partial charge in [-0.2, -0.15) is 0 Å². The predicted molar refractivity (Wildman–Crippen MR) is 62.3 cm³/mol. The van der Waals surface area contributed by atoms with Crippen molar-refractivity contribution in [3.05, 3.63) is 48.2 Å². The number of para-hydroxylation sites is 2. The summed E-state index contributed by atoms with van der Waals surface area (Å²) in [7, 11) is 0. The summed E-state index contributed by atoms with van der Waals surface area (Å²) in [6.45, 7) is 0. The monoisotopic (exact) mass is 227 g/mol. The predicted octanol–water partition coefficient (Wildman–Crippen LogP) is 1.78. The second kappa shape index (κ2) is 3.79. The van der Waals surface area contributed by atoms with Gasteiger partial charge in [0.2, 0.25) is 0 Å². The zero-order valence-electron chi connectivity index (χ0n) is 8.81. The quantitative estimate of drug-likeness (QED) is 0.730. The molecule has 1 aromatic carbocycles. The molecular weight excluding hydrogens is 218 g/mol. The zero-order chi connectivity index (χ0) is 11.7. The maximum Gasteiger partial charge on any atom is 0.291 e. The number of nitrogens with one attached hydrogen (secondary N) is 2. The molecule has 84 valence electrons. The number of H-pyrrole nitrogens is 1. The lowest BCUT2D eigenvalue weighted by molar-refractivity contribution is -0.115. The highest BCUT2D eigenvalue weighted by molar-refractivity contribution is 6.07. The number of carbonyl (C=O) groups is 1. The number of benzene rings is 1. The number of aromatic nitrogens is 2. The van der Waals surface area contributed by atoms with Crippen LogP contribution >= 0.6 is 0 Å². The minimum absolute atomic E-state index is 0.243. The molecule has 3 rings (SSSR count). The van der Waals surface area contributed by atoms with Gasteiger partial charge in [0.25, 0.3) is 5.91 Å². The van der Waals surface area contributed by atoms with Gasteiger partial charge in [-0.3, -0.25) is 4.79 Å². The molecule has 5 nitrogen and oxygen atoms in total. The van der Waals surface area contributed by atoms with E-state index in [1.54, 1.807) is 30.7 Å². The van der Waals surface area contributed by atoms with Gasteiger partial charge in [0.05, 0.1) is 23.9 Å². The van der Waals surface area contributed by atoms with Crippen molar-refractivity contribution < 1.29 is 9.53 Å². The van der Waals surface area contributed by atoms with Gasteiger partial charge in [-0.25, -0.2) is 4.98 Å². The standard InChI is InChI=1S/C12H9N3O2/c16-12-11(5-8-6-13-7-14-8)17-10-4-2-1-3-9(10)15-12/h1-7H,(H,13,14)(H,15,16). The number of rotatable bonds is 1. The van der Waals surface area contributed by atoms with Gasteiger partial charge in [0.15, 0.2) is 11.5 Å². The van der Waals surface area contributed by atoms with E-state index in [1.165, 1.54) is 0 Å². The fraction of sp³-hybridized carbons (Fsp3) is 0. The molecule has 0 saturated heterocycles. The van der Waals surface area contributed by atoms with Crippen molar-refractivity contribution in [1.29, 1.82) is 0 Å². The van der Waals surface area contributed by atoms with Crippen LogP contribution < -0.4 is 10.1 Å². The molecule has 1 aliphatic heterocycles. The van der Waals surface area contributed by atoms with Gasteiger partial charge >= 0.3 is 0 Å². The van der Waals surface area contributed by atoms with E-state index in [0.29, 0.717) is 11.4 Å². The molecule has 0 fully saturated rings. The number of aromatic amines is 1. The lowest BCUT2D eigenvalue weighted by atomic mass is 10.2. The van der Waals surface area contributed by atoms with Crippen LogP contribution in [0.5, 0.6) is 5.75 Å². The van der Waals surface area contributed by atoms with E-state index in [0.717, 1.165) is 5.69 Å². The van der Waals surface area contributed by atoms with Crippen LogP contribution in [0.15, 0.2) is 42.5 Å². The Morgan fingerprint density at radius 2 is 2.18 bits per heavy atom. The summed E-state index contributed by atoms with van der Waals surface area (Å²) in [5.41, 5.74) is 1.40. The topological polar surface area (TPSA) is 67.0 Å². The molecule has 0 unspecified atom stereocenters. The third-order valence-corrected chi connectivity index (χ3v) is 2.38. The first-order valence-corrected chi connectivity index (χ1v) is 5.11. The average molecular weight is 227 g/mol. The zero-order valence-corrected chi connectivity index (χ0v) is 8.81. The third kappa shape index (κ3) is 1.78. The first-order chi connectivity index (χ1) is 8.33. The van der Waals surface area contributed by atoms with Crippen LogP contribution in [0.25, 0.3) is 6.08 Å². The van der Waals surface area contributed by atoms with E-state index < -0.39 is 0 Å². The number of anilines is 1. The summed E-state index contributed by atoms with van der Waals surface area (Å²) in [5, 5.41) is 2.76. The van der Waals surface area contributed by atoms with Gasteiger partial charge in [-0.1, -0.05) is 12.1 Å². The molecule has 2 aromatic rings. The highest BCUT2D eigenvalue weighted by atomic mass is 16.5. The fourth-order valence-electron chi connectivity index (χ4n) is 1.59. The number of ether oxygens (including phenoxy) is 1. The van der Waals surface area contributed by atoms with E-state index in [9.17, 15) is 4.79 Å². The molecular formula is C12H9N3O2. The summed E-state index contributed by atoms with van der Waals surface area (Å²) in [5.74, 6) is 0.615. The van der Waals surface area contributed by atoms with Crippen molar-refractivity contribution in [2.75, 3.05) is 5.32 Å². The van der Waals surface area contributed by atoms with Crippen molar-refractivity contribution in [2.45, 2.75) is 0 Å². The summed E-state index contributed by atoms with van der Waals surface area (Å²) >= 11 is 0. The smallest absolute Gasteiger partial charge is 0.291 e. The second-order valence-corrected chi connectivity index (χ2v) is 3.57. The lowest BCUT2D eigenvalue weighted by Crippen LogP contribution is -2.23. The van der Waals surface area contributed by atoms with Crippen LogP contribution in [-0.2, 0) is 4.79 Å². The van der Waals surface area contributed by atoms with Crippen molar-refractivity contribution in [3.63, 3.8) is 0 Å². The molecule has 2 N–H and O–H groups in total. The summed E-state index contributed by atoms with van der Waals surface area (Å²) in [6, 6.07) is 7.28. The van der Waals surface area contributed by atoms with Gasteiger partial charge in [-0.05, 0) is 12.1 Å². The van der Waals surface area contributed by atoms with Crippen LogP contribution in [0, 0.1) is 0 Å². The summed E-state index contributed by atoms with van der Waals surface area (Å²) in [6.07, 6.45) is 4.77. The summed E-state index contributed by atoms with van der Waals surface area (Å²) < 4.78 is 5.52. The number of hydrogen-bond acceptors (Lipinski definition) is 3. The van der Waals surface area contributed by atoms with E-state index in [1.807, 2.05) is 12.1 Å². The van der Waals surface area contributed by atoms with Crippen LogP contribution in [0.3, 0.4) is 0 Å². The Morgan fingerprint density at radius 1 is 1.29 bits per heavy atom. The first kappa shape index (κ1) is 9.65. The number of amides is 1. The molecule has 2 heterocycles. The Balaban J connectivity index is 1.97. The second-order valence-electron chi connectivity index (χ2n) is 3.57. The fourth-order valence-corrected chi connectivity index (χ4v) is 1.59. The number of fused-ring (bicyclic) bond motifs is 1. The molecule has 1 aliphatic rings. The van der Waals surface area contributed by atoms with Crippen LogP contribution in [0.2, 0.25) is 0 Å². The van der Waals surface area contributed by atoms with Gasteiger partial charge < -0.3 is 15.0 Å². The van der Waals surface area contributed by atoms with Crippen molar-refractivity contribution >= 4 is 17.7 Å². The molecule has 1 aromatic heterocycles. The molecule has 17 heavy (non-hydrogen) atoms. The lowest BCUT2D eigenvalue weighted by Gasteiger charge is -2.19. The Bertz CT molecular complexity index is 588. The number of hydrogen-bond donors (Lipinski definition) is 2. The molecule has 0 bridgehead atoms. The third-order valence-electron chi connectivity index (χ3n) is 2.38. The highest BCUT2D eigenvalue weighted by Gasteiger charge is 2.21. The Hall–Kier alpha value is -2.56. The SMILES string of the molecule is O=C1Nc2ccccc2OC1=Cc1cnc[nH]1. The maximum absolute atomic E-state index is 11.7. The Labute approximate surface area is 97.1 Å². The van der Waals surface area contributed by atoms with Crippen LogP contribution in [0.4, 0.5) is 5.69 Å². The van der Waals surface area contributed by atoms with Crippen molar-refractivity contribution in [1.82, 2.24) is 9.97 Å². The number of nitrogens with zero attached hydrogens (tertiary/aromatic N) is 1. The van der Waals surface area contributed by atoms with Crippen molar-refractivity contribution in [3.8, 4) is 5.75 Å². The van der Waals surface area contributed by atoms with E-state index in [-0.39, 0.29) is 11.7 Å². The average Bonchev–Trinajstić information content (AvgIpc) is 2.83. The van der Waals surface area contributed by atoms with Crippen molar-refractivity contribution in [2.24, 2.45) is 0 Å². The molecule has 0 spiro atoms. The minimum atomic E-state index is -0.265. The van der Waals surface area contributed by atoms with Crippen LogP contribution in [0.1, 0.15) is 5.69 Å². The molecule has 0 radical (unpaired) electrons. The largest absolute Gasteiger partial charge is 0.449 e.